The fourth-order valence-electron chi connectivity index (χ4n) is 2.51. The first-order chi connectivity index (χ1) is 8.79. The van der Waals surface area contributed by atoms with Gasteiger partial charge in [0.1, 0.15) is 0 Å². The molecule has 0 aromatic carbocycles. The molecule has 0 bridgehead atoms. The minimum Gasteiger partial charge on any atom is -0.432 e. The number of hydrogen-bond acceptors (Lipinski definition) is 3. The van der Waals surface area contributed by atoms with E-state index in [0.717, 1.165) is 19.4 Å². The first-order valence-corrected chi connectivity index (χ1v) is 7.33. The van der Waals surface area contributed by atoms with Crippen LogP contribution in [-0.2, 0) is 9.39 Å². The summed E-state index contributed by atoms with van der Waals surface area (Å²) in [6, 6.07) is 0. The molecule has 1 heterocycles. The predicted molar refractivity (Wildman–Crippen MR) is 77.2 cm³/mol. The van der Waals surface area contributed by atoms with E-state index in [4.69, 9.17) is 9.39 Å². The highest BCUT2D eigenvalue weighted by atomic mass is 16.5. The van der Waals surface area contributed by atoms with Crippen LogP contribution < -0.4 is 0 Å². The van der Waals surface area contributed by atoms with Gasteiger partial charge in [-0.15, -0.1) is 0 Å². The maximum Gasteiger partial charge on any atom is 0.300 e. The first kappa shape index (κ1) is 15.1. The standard InChI is InChI=1S/C15H26BO3/c1-14(2,17)15(3,4)19-16-12-7-8-13-11(10-12)6-5-9-18-13/h7-8,11-13,17H,5-6,9-10H2,1-4H3. The van der Waals surface area contributed by atoms with Crippen LogP contribution in [-0.4, -0.2) is 36.5 Å². The van der Waals surface area contributed by atoms with Crippen LogP contribution in [0.3, 0.4) is 0 Å². The zero-order chi connectivity index (χ0) is 14.1. The van der Waals surface area contributed by atoms with Gasteiger partial charge in [-0.3, -0.25) is 0 Å². The summed E-state index contributed by atoms with van der Waals surface area (Å²) in [5.74, 6) is 0.943. The molecule has 1 saturated heterocycles. The number of ether oxygens (including phenoxy) is 1. The average Bonchev–Trinajstić information content (AvgIpc) is 2.35. The fraction of sp³-hybridized carbons (Fsp3) is 0.867. The van der Waals surface area contributed by atoms with Crippen LogP contribution in [0.25, 0.3) is 0 Å². The number of rotatable bonds is 4. The predicted octanol–water partition coefficient (Wildman–Crippen LogP) is 2.72. The topological polar surface area (TPSA) is 38.7 Å². The summed E-state index contributed by atoms with van der Waals surface area (Å²) in [5.41, 5.74) is -1.45. The molecule has 2 rings (SSSR count). The highest BCUT2D eigenvalue weighted by molar-refractivity contribution is 6.30. The van der Waals surface area contributed by atoms with Crippen LogP contribution in [0, 0.1) is 5.92 Å². The minimum absolute atomic E-state index is 0.306. The third-order valence-electron chi connectivity index (χ3n) is 4.63. The molecule has 1 aliphatic carbocycles. The summed E-state index contributed by atoms with van der Waals surface area (Å²) < 4.78 is 11.6. The lowest BCUT2D eigenvalue weighted by molar-refractivity contribution is -0.0912. The molecule has 0 spiro atoms. The summed E-state index contributed by atoms with van der Waals surface area (Å²) in [6.45, 7) is 8.29. The highest BCUT2D eigenvalue weighted by Crippen LogP contribution is 2.36. The summed E-state index contributed by atoms with van der Waals surface area (Å²) >= 11 is 0. The number of allylic oxidation sites excluding steroid dienone is 1. The maximum absolute atomic E-state index is 10.1. The van der Waals surface area contributed by atoms with Gasteiger partial charge in [-0.2, -0.15) is 0 Å². The minimum atomic E-state index is -0.863. The Morgan fingerprint density at radius 1 is 1.26 bits per heavy atom. The second-order valence-corrected chi connectivity index (χ2v) is 6.85. The van der Waals surface area contributed by atoms with Gasteiger partial charge in [-0.25, -0.2) is 0 Å². The fourth-order valence-corrected chi connectivity index (χ4v) is 2.51. The molecule has 19 heavy (non-hydrogen) atoms. The van der Waals surface area contributed by atoms with Crippen molar-refractivity contribution in [2.75, 3.05) is 6.61 Å². The highest BCUT2D eigenvalue weighted by Gasteiger charge is 2.37. The van der Waals surface area contributed by atoms with E-state index in [9.17, 15) is 5.11 Å². The Morgan fingerprint density at radius 2 is 2.00 bits per heavy atom. The van der Waals surface area contributed by atoms with Crippen molar-refractivity contribution in [1.82, 2.24) is 0 Å². The molecule has 107 valence electrons. The maximum atomic E-state index is 10.1. The van der Waals surface area contributed by atoms with E-state index in [2.05, 4.69) is 12.2 Å². The van der Waals surface area contributed by atoms with Crippen molar-refractivity contribution < 1.29 is 14.5 Å². The molecule has 0 amide bonds. The lowest BCUT2D eigenvalue weighted by atomic mass is 9.68. The Bertz CT molecular complexity index is 333. The van der Waals surface area contributed by atoms with E-state index < -0.39 is 11.2 Å². The Balaban J connectivity index is 1.87. The van der Waals surface area contributed by atoms with E-state index in [-0.39, 0.29) is 0 Å². The molecule has 1 N–H and O–H groups in total. The van der Waals surface area contributed by atoms with Crippen LogP contribution in [0.2, 0.25) is 5.82 Å². The van der Waals surface area contributed by atoms with Crippen LogP contribution in [0.1, 0.15) is 47.0 Å². The van der Waals surface area contributed by atoms with Gasteiger partial charge in [0.25, 0.3) is 0 Å². The van der Waals surface area contributed by atoms with Crippen molar-refractivity contribution in [2.45, 2.75) is 70.1 Å². The van der Waals surface area contributed by atoms with Crippen LogP contribution >= 0.6 is 0 Å². The second-order valence-electron chi connectivity index (χ2n) is 6.85. The van der Waals surface area contributed by atoms with Gasteiger partial charge in [0, 0.05) is 6.61 Å². The van der Waals surface area contributed by atoms with Gasteiger partial charge in [0.05, 0.1) is 17.3 Å². The van der Waals surface area contributed by atoms with Crippen LogP contribution in [0.4, 0.5) is 0 Å². The molecule has 1 radical (unpaired) electrons. The van der Waals surface area contributed by atoms with E-state index in [1.807, 2.05) is 21.3 Å². The molecule has 0 aromatic heterocycles. The zero-order valence-electron chi connectivity index (χ0n) is 12.6. The number of fused-ring (bicyclic) bond motifs is 1. The summed E-state index contributed by atoms with van der Waals surface area (Å²) in [6.07, 6.45) is 8.15. The molecule has 3 unspecified atom stereocenters. The van der Waals surface area contributed by atoms with E-state index >= 15 is 0 Å². The molecule has 2 aliphatic rings. The van der Waals surface area contributed by atoms with Gasteiger partial charge in [0.15, 0.2) is 0 Å². The van der Waals surface area contributed by atoms with Gasteiger partial charge in [0.2, 0.25) is 0 Å². The van der Waals surface area contributed by atoms with E-state index in [1.54, 1.807) is 13.8 Å². The van der Waals surface area contributed by atoms with Gasteiger partial charge >= 0.3 is 7.48 Å². The van der Waals surface area contributed by atoms with Gasteiger partial charge in [-0.05, 0) is 58.7 Å². The molecule has 0 aromatic rings. The average molecular weight is 265 g/mol. The number of aliphatic hydroxyl groups is 1. The van der Waals surface area contributed by atoms with Gasteiger partial charge in [-0.1, -0.05) is 12.2 Å². The summed E-state index contributed by atoms with van der Waals surface area (Å²) in [7, 11) is 1.89. The van der Waals surface area contributed by atoms with Crippen LogP contribution in [0.5, 0.6) is 0 Å². The zero-order valence-corrected chi connectivity index (χ0v) is 12.6. The Morgan fingerprint density at radius 3 is 2.68 bits per heavy atom. The molecule has 3 atom stereocenters. The Labute approximate surface area is 117 Å². The van der Waals surface area contributed by atoms with Crippen molar-refractivity contribution in [3.8, 4) is 0 Å². The van der Waals surface area contributed by atoms with Crippen molar-refractivity contribution in [3.63, 3.8) is 0 Å². The summed E-state index contributed by atoms with van der Waals surface area (Å²) in [5, 5.41) is 10.1. The van der Waals surface area contributed by atoms with Crippen LogP contribution in [0.15, 0.2) is 12.2 Å². The molecule has 1 aliphatic heterocycles. The third-order valence-corrected chi connectivity index (χ3v) is 4.63. The SMILES string of the molecule is CC(C)(O)C(C)(C)O[B]C1C=CC2OCCCC2C1. The van der Waals surface area contributed by atoms with E-state index in [1.165, 1.54) is 6.42 Å². The monoisotopic (exact) mass is 265 g/mol. The molecule has 3 nitrogen and oxygen atoms in total. The molecular formula is C15H26BO3. The van der Waals surface area contributed by atoms with E-state index in [0.29, 0.717) is 17.8 Å². The quantitative estimate of drug-likeness (QED) is 0.627. The van der Waals surface area contributed by atoms with Gasteiger partial charge < -0.3 is 14.5 Å². The Kier molecular flexibility index (Phi) is 4.43. The van der Waals surface area contributed by atoms with Crippen molar-refractivity contribution in [3.05, 3.63) is 12.2 Å². The van der Waals surface area contributed by atoms with Crippen molar-refractivity contribution in [1.29, 1.82) is 0 Å². The molecule has 4 heteroatoms. The largest absolute Gasteiger partial charge is 0.432 e. The first-order valence-electron chi connectivity index (χ1n) is 7.33. The molecule has 0 saturated carbocycles. The molecular weight excluding hydrogens is 239 g/mol. The summed E-state index contributed by atoms with van der Waals surface area (Å²) in [4.78, 5) is 0. The Hall–Kier alpha value is -0.315. The lowest BCUT2D eigenvalue weighted by Gasteiger charge is -2.40. The lowest BCUT2D eigenvalue weighted by Crippen LogP contribution is -2.48. The normalized spacial score (nSPS) is 31.9. The molecule has 1 fully saturated rings. The second kappa shape index (κ2) is 5.59. The van der Waals surface area contributed by atoms with Crippen molar-refractivity contribution in [2.24, 2.45) is 5.92 Å². The van der Waals surface area contributed by atoms with Crippen molar-refractivity contribution >= 4 is 7.48 Å². The third kappa shape index (κ3) is 3.62. The smallest absolute Gasteiger partial charge is 0.300 e. The number of hydrogen-bond donors (Lipinski definition) is 1.